The molecule has 4 heteroatoms. The Kier molecular flexibility index (Phi) is 8.04. The number of aromatic nitrogens is 1. The summed E-state index contributed by atoms with van der Waals surface area (Å²) in [4.78, 5) is 0. The van der Waals surface area contributed by atoms with Crippen molar-refractivity contribution in [3.05, 3.63) is 180 Å². The van der Waals surface area contributed by atoms with E-state index in [0.717, 1.165) is 69.0 Å². The second-order valence-corrected chi connectivity index (χ2v) is 22.4. The van der Waals surface area contributed by atoms with E-state index in [0.29, 0.717) is 0 Å². The number of hydrogen-bond acceptors (Lipinski definition) is 2. The van der Waals surface area contributed by atoms with Crippen LogP contribution < -0.4 is 25.9 Å². The molecule has 0 amide bonds. The molecular formula is C62H54BNO2. The second kappa shape index (κ2) is 13.4. The van der Waals surface area contributed by atoms with Crippen LogP contribution in [0.15, 0.2) is 158 Å². The standard InChI is InChI=1S/C62H54BNO2/c1-59(2)35-61(5,6)48-29-38(19-25-46(48)59)40-21-27-50-54(31-40)65-56-33-42(37-17-23-43(24-18-37)64-52-15-11-9-13-44(52)45-14-10-12-16-53(45)64)34-57-58(56)63(50)51-28-22-41(32-55(51)66-57)39-20-26-47-49(30-39)62(7,8)36-60(47,3)4/h9-34H,35-36H2,1-8H3. The monoisotopic (exact) mass is 855 g/mol. The number of rotatable bonds is 4. The van der Waals surface area contributed by atoms with Crippen molar-refractivity contribution in [3.63, 3.8) is 0 Å². The van der Waals surface area contributed by atoms with Gasteiger partial charge < -0.3 is 14.0 Å². The summed E-state index contributed by atoms with van der Waals surface area (Å²) in [5, 5.41) is 2.52. The first kappa shape index (κ1) is 39.6. The molecule has 3 heterocycles. The van der Waals surface area contributed by atoms with Crippen molar-refractivity contribution in [3.8, 4) is 62.1 Å². The predicted molar refractivity (Wildman–Crippen MR) is 276 cm³/mol. The highest BCUT2D eigenvalue weighted by atomic mass is 16.5. The average Bonchev–Trinajstić information content (AvgIpc) is 3.81. The Balaban J connectivity index is 0.939. The second-order valence-electron chi connectivity index (χ2n) is 22.4. The van der Waals surface area contributed by atoms with E-state index in [9.17, 15) is 0 Å². The van der Waals surface area contributed by atoms with E-state index in [-0.39, 0.29) is 28.4 Å². The fraction of sp³-hybridized carbons (Fsp3) is 0.226. The third-order valence-corrected chi connectivity index (χ3v) is 15.9. The molecule has 0 saturated heterocycles. The van der Waals surface area contributed by atoms with E-state index in [4.69, 9.17) is 9.47 Å². The zero-order valence-corrected chi connectivity index (χ0v) is 39.3. The highest BCUT2D eigenvalue weighted by Gasteiger charge is 2.44. The Labute approximate surface area is 389 Å². The summed E-state index contributed by atoms with van der Waals surface area (Å²) in [6.07, 6.45) is 2.29. The van der Waals surface area contributed by atoms with Crippen molar-refractivity contribution in [2.24, 2.45) is 0 Å². The van der Waals surface area contributed by atoms with Gasteiger partial charge in [0.05, 0.1) is 11.0 Å². The molecule has 0 bridgehead atoms. The highest BCUT2D eigenvalue weighted by molar-refractivity contribution is 6.98. The van der Waals surface area contributed by atoms with Gasteiger partial charge in [-0.05, 0) is 150 Å². The van der Waals surface area contributed by atoms with E-state index in [2.05, 4.69) is 218 Å². The van der Waals surface area contributed by atoms with Crippen LogP contribution in [0.1, 0.15) is 90.5 Å². The molecule has 0 N–H and O–H groups in total. The first-order valence-electron chi connectivity index (χ1n) is 23.9. The van der Waals surface area contributed by atoms with Gasteiger partial charge in [0.1, 0.15) is 23.0 Å². The molecule has 66 heavy (non-hydrogen) atoms. The lowest BCUT2D eigenvalue weighted by Gasteiger charge is -2.34. The van der Waals surface area contributed by atoms with Gasteiger partial charge in [0.15, 0.2) is 0 Å². The van der Waals surface area contributed by atoms with Crippen LogP contribution in [-0.2, 0) is 21.7 Å². The zero-order valence-electron chi connectivity index (χ0n) is 39.3. The zero-order chi connectivity index (χ0) is 45.1. The summed E-state index contributed by atoms with van der Waals surface area (Å²) >= 11 is 0. The van der Waals surface area contributed by atoms with Crippen molar-refractivity contribution < 1.29 is 9.47 Å². The van der Waals surface area contributed by atoms with Crippen LogP contribution in [0, 0.1) is 0 Å². The van der Waals surface area contributed by atoms with Gasteiger partial charge in [0, 0.05) is 21.9 Å². The maximum absolute atomic E-state index is 7.10. The topological polar surface area (TPSA) is 23.4 Å². The van der Waals surface area contributed by atoms with Gasteiger partial charge in [0.25, 0.3) is 6.71 Å². The quantitative estimate of drug-likeness (QED) is 0.165. The van der Waals surface area contributed by atoms with Crippen molar-refractivity contribution in [1.82, 2.24) is 4.57 Å². The average molecular weight is 856 g/mol. The molecule has 0 atom stereocenters. The maximum atomic E-state index is 7.10. The van der Waals surface area contributed by atoms with Gasteiger partial charge >= 0.3 is 0 Å². The molecule has 322 valence electrons. The molecule has 0 radical (unpaired) electrons. The number of ether oxygens (including phenoxy) is 2. The Morgan fingerprint density at radius 1 is 0.379 bits per heavy atom. The van der Waals surface area contributed by atoms with Gasteiger partial charge in [-0.3, -0.25) is 0 Å². The summed E-state index contributed by atoms with van der Waals surface area (Å²) in [7, 11) is 0. The molecule has 3 nitrogen and oxygen atoms in total. The molecule has 0 fully saturated rings. The third kappa shape index (κ3) is 5.76. The lowest BCUT2D eigenvalue weighted by Crippen LogP contribution is -2.57. The van der Waals surface area contributed by atoms with Crippen LogP contribution in [0.4, 0.5) is 0 Å². The fourth-order valence-corrected chi connectivity index (χ4v) is 13.4. The Morgan fingerprint density at radius 3 is 1.26 bits per heavy atom. The Hall–Kier alpha value is -6.78. The van der Waals surface area contributed by atoms with E-state index in [1.807, 2.05) is 0 Å². The first-order valence-corrected chi connectivity index (χ1v) is 23.9. The minimum atomic E-state index is -0.0446. The van der Waals surface area contributed by atoms with Gasteiger partial charge in [-0.25, -0.2) is 0 Å². The summed E-state index contributed by atoms with van der Waals surface area (Å²) in [6.45, 7) is 19.1. The molecule has 1 aromatic heterocycles. The smallest absolute Gasteiger partial charge is 0.260 e. The number of para-hydroxylation sites is 2. The van der Waals surface area contributed by atoms with Crippen molar-refractivity contribution >= 4 is 44.9 Å². The SMILES string of the molecule is CC1(C)CC(C)(C)c2cc(-c3ccc4c(c3)Oc3cc(-c5ccc(-n6c7ccccc7c7ccccc76)cc5)cc5c3B4c3ccc(-c4ccc6c(c4)C(C)(C)CC6(C)C)cc3O5)ccc21. The van der Waals surface area contributed by atoms with E-state index >= 15 is 0 Å². The van der Waals surface area contributed by atoms with Crippen LogP contribution in [0.3, 0.4) is 0 Å². The number of benzene rings is 8. The molecule has 13 rings (SSSR count). The summed E-state index contributed by atoms with van der Waals surface area (Å²) in [5.74, 6) is 3.49. The van der Waals surface area contributed by atoms with Crippen molar-refractivity contribution in [1.29, 1.82) is 0 Å². The number of hydrogen-bond donors (Lipinski definition) is 0. The third-order valence-electron chi connectivity index (χ3n) is 15.9. The van der Waals surface area contributed by atoms with Gasteiger partial charge in [-0.15, -0.1) is 0 Å². The minimum absolute atomic E-state index is 0.0446. The molecule has 2 aliphatic carbocycles. The lowest BCUT2D eigenvalue weighted by molar-refractivity contribution is 0.402. The molecular weight excluding hydrogens is 801 g/mol. The summed E-state index contributed by atoms with van der Waals surface area (Å²) in [5.41, 5.74) is 20.3. The molecule has 2 aliphatic heterocycles. The molecule has 9 aromatic rings. The van der Waals surface area contributed by atoms with Gasteiger partial charge in [-0.1, -0.05) is 165 Å². The number of fused-ring (bicyclic) bond motifs is 9. The maximum Gasteiger partial charge on any atom is 0.260 e. The Bertz CT molecular complexity index is 3340. The van der Waals surface area contributed by atoms with E-state index in [1.165, 1.54) is 66.3 Å². The summed E-state index contributed by atoms with van der Waals surface area (Å²) < 4.78 is 16.6. The van der Waals surface area contributed by atoms with Crippen LogP contribution >= 0.6 is 0 Å². The largest absolute Gasteiger partial charge is 0.458 e. The van der Waals surface area contributed by atoms with Crippen molar-refractivity contribution in [2.45, 2.75) is 89.9 Å². The highest BCUT2D eigenvalue weighted by Crippen LogP contribution is 2.52. The fourth-order valence-electron chi connectivity index (χ4n) is 13.4. The molecule has 4 aliphatic rings. The van der Waals surface area contributed by atoms with E-state index in [1.54, 1.807) is 0 Å². The lowest BCUT2D eigenvalue weighted by atomic mass is 9.34. The van der Waals surface area contributed by atoms with Crippen LogP contribution in [0.5, 0.6) is 23.0 Å². The van der Waals surface area contributed by atoms with Crippen LogP contribution in [0.25, 0.3) is 60.9 Å². The molecule has 0 saturated carbocycles. The van der Waals surface area contributed by atoms with Gasteiger partial charge in [0.2, 0.25) is 0 Å². The van der Waals surface area contributed by atoms with Crippen LogP contribution in [-0.4, -0.2) is 11.3 Å². The summed E-state index contributed by atoms with van der Waals surface area (Å²) in [6, 6.07) is 58.8. The predicted octanol–water partition coefficient (Wildman–Crippen LogP) is 14.4. The van der Waals surface area contributed by atoms with E-state index < -0.39 is 0 Å². The molecule has 0 unspecified atom stereocenters. The Morgan fingerprint density at radius 2 is 0.773 bits per heavy atom. The van der Waals surface area contributed by atoms with Crippen molar-refractivity contribution in [2.75, 3.05) is 0 Å². The van der Waals surface area contributed by atoms with Crippen LogP contribution in [0.2, 0.25) is 0 Å². The minimum Gasteiger partial charge on any atom is -0.458 e. The molecule has 0 spiro atoms. The van der Waals surface area contributed by atoms with Gasteiger partial charge in [-0.2, -0.15) is 0 Å². The number of nitrogens with zero attached hydrogens (tertiary/aromatic N) is 1. The molecule has 8 aromatic carbocycles. The first-order chi connectivity index (χ1) is 31.6. The normalized spacial score (nSPS) is 17.4.